The Labute approximate surface area is 122 Å². The molecule has 1 aromatic rings. The SMILES string of the molecule is CC1CN(C(=O)c2cc(Br)cn2C2CC2)C(C)CN1. The Bertz CT molecular complexity index is 495. The first-order valence-corrected chi connectivity index (χ1v) is 7.77. The van der Waals surface area contributed by atoms with Crippen molar-refractivity contribution in [3.63, 3.8) is 0 Å². The minimum Gasteiger partial charge on any atom is -0.339 e. The first-order valence-electron chi connectivity index (χ1n) is 6.98. The Hall–Kier alpha value is -0.810. The number of hydrogen-bond acceptors (Lipinski definition) is 2. The summed E-state index contributed by atoms with van der Waals surface area (Å²) in [6, 6.07) is 3.11. The second-order valence-corrected chi connectivity index (χ2v) is 6.71. The fourth-order valence-electron chi connectivity index (χ4n) is 2.72. The van der Waals surface area contributed by atoms with Crippen LogP contribution in [0.15, 0.2) is 16.7 Å². The van der Waals surface area contributed by atoms with Gasteiger partial charge in [0.15, 0.2) is 0 Å². The number of piperazine rings is 1. The molecule has 1 N–H and O–H groups in total. The molecule has 19 heavy (non-hydrogen) atoms. The summed E-state index contributed by atoms with van der Waals surface area (Å²) in [6.45, 7) is 5.89. The smallest absolute Gasteiger partial charge is 0.270 e. The minimum absolute atomic E-state index is 0.165. The topological polar surface area (TPSA) is 37.3 Å². The molecular weight excluding hydrogens is 306 g/mol. The van der Waals surface area contributed by atoms with Crippen LogP contribution in [0.5, 0.6) is 0 Å². The molecule has 104 valence electrons. The van der Waals surface area contributed by atoms with Crippen LogP contribution in [0.2, 0.25) is 0 Å². The first kappa shape index (κ1) is 13.2. The molecular formula is C14H20BrN3O. The van der Waals surface area contributed by atoms with Gasteiger partial charge in [-0.1, -0.05) is 0 Å². The zero-order chi connectivity index (χ0) is 13.6. The molecule has 0 aromatic carbocycles. The lowest BCUT2D eigenvalue weighted by Crippen LogP contribution is -2.56. The van der Waals surface area contributed by atoms with Crippen LogP contribution in [0, 0.1) is 0 Å². The first-order chi connectivity index (χ1) is 9.06. The van der Waals surface area contributed by atoms with E-state index in [1.165, 1.54) is 12.8 Å². The fraction of sp³-hybridized carbons (Fsp3) is 0.643. The van der Waals surface area contributed by atoms with Gasteiger partial charge < -0.3 is 14.8 Å². The summed E-state index contributed by atoms with van der Waals surface area (Å²) in [7, 11) is 0. The molecule has 0 spiro atoms. The van der Waals surface area contributed by atoms with Crippen molar-refractivity contribution < 1.29 is 4.79 Å². The van der Waals surface area contributed by atoms with Crippen LogP contribution in [-0.2, 0) is 0 Å². The Kier molecular flexibility index (Phi) is 3.43. The van der Waals surface area contributed by atoms with E-state index in [4.69, 9.17) is 0 Å². The molecule has 2 aliphatic rings. The van der Waals surface area contributed by atoms with E-state index < -0.39 is 0 Å². The largest absolute Gasteiger partial charge is 0.339 e. The van der Waals surface area contributed by atoms with Crippen LogP contribution in [0.25, 0.3) is 0 Å². The van der Waals surface area contributed by atoms with Gasteiger partial charge in [-0.2, -0.15) is 0 Å². The highest BCUT2D eigenvalue weighted by Crippen LogP contribution is 2.37. The maximum absolute atomic E-state index is 12.8. The number of hydrogen-bond donors (Lipinski definition) is 1. The monoisotopic (exact) mass is 325 g/mol. The molecule has 1 amide bonds. The van der Waals surface area contributed by atoms with Gasteiger partial charge in [-0.3, -0.25) is 4.79 Å². The van der Waals surface area contributed by atoms with Crippen molar-refractivity contribution in [3.05, 3.63) is 22.4 Å². The summed E-state index contributed by atoms with van der Waals surface area (Å²) >= 11 is 3.49. The van der Waals surface area contributed by atoms with Crippen molar-refractivity contribution in [2.45, 2.75) is 44.8 Å². The molecule has 2 fully saturated rings. The normalized spacial score (nSPS) is 27.6. The summed E-state index contributed by atoms with van der Waals surface area (Å²) in [4.78, 5) is 14.8. The van der Waals surface area contributed by atoms with Crippen LogP contribution in [0.1, 0.15) is 43.2 Å². The second-order valence-electron chi connectivity index (χ2n) is 5.80. The summed E-state index contributed by atoms with van der Waals surface area (Å²) in [5, 5.41) is 3.41. The third-order valence-corrected chi connectivity index (χ3v) is 4.43. The molecule has 1 aliphatic heterocycles. The molecule has 5 heteroatoms. The predicted octanol–water partition coefficient (Wildman–Crippen LogP) is 2.41. The lowest BCUT2D eigenvalue weighted by Gasteiger charge is -2.37. The van der Waals surface area contributed by atoms with Gasteiger partial charge in [0.05, 0.1) is 0 Å². The predicted molar refractivity (Wildman–Crippen MR) is 78.4 cm³/mol. The number of nitrogens with zero attached hydrogens (tertiary/aromatic N) is 2. The van der Waals surface area contributed by atoms with Crippen molar-refractivity contribution in [3.8, 4) is 0 Å². The zero-order valence-electron chi connectivity index (χ0n) is 11.4. The Morgan fingerprint density at radius 2 is 2.16 bits per heavy atom. The van der Waals surface area contributed by atoms with Crippen LogP contribution in [-0.4, -0.2) is 40.5 Å². The van der Waals surface area contributed by atoms with Crippen molar-refractivity contribution in [2.75, 3.05) is 13.1 Å². The third-order valence-electron chi connectivity index (χ3n) is 4.00. The lowest BCUT2D eigenvalue weighted by atomic mass is 10.1. The molecule has 2 unspecified atom stereocenters. The van der Waals surface area contributed by atoms with Crippen molar-refractivity contribution in [1.82, 2.24) is 14.8 Å². The van der Waals surface area contributed by atoms with Crippen LogP contribution >= 0.6 is 15.9 Å². The number of nitrogens with one attached hydrogen (secondary N) is 1. The number of rotatable bonds is 2. The van der Waals surface area contributed by atoms with Gasteiger partial charge in [0.25, 0.3) is 5.91 Å². The molecule has 0 radical (unpaired) electrons. The van der Waals surface area contributed by atoms with Gasteiger partial charge in [0.2, 0.25) is 0 Å². The molecule has 1 aliphatic carbocycles. The molecule has 2 heterocycles. The van der Waals surface area contributed by atoms with Crippen molar-refractivity contribution >= 4 is 21.8 Å². The lowest BCUT2D eigenvalue weighted by molar-refractivity contribution is 0.0605. The molecule has 1 saturated carbocycles. The summed E-state index contributed by atoms with van der Waals surface area (Å²) < 4.78 is 3.14. The Balaban J connectivity index is 1.86. The van der Waals surface area contributed by atoms with E-state index in [-0.39, 0.29) is 11.9 Å². The third kappa shape index (κ3) is 2.58. The molecule has 1 saturated heterocycles. The van der Waals surface area contributed by atoms with Crippen LogP contribution in [0.3, 0.4) is 0 Å². The van der Waals surface area contributed by atoms with E-state index in [2.05, 4.69) is 39.7 Å². The van der Waals surface area contributed by atoms with E-state index in [0.29, 0.717) is 12.1 Å². The van der Waals surface area contributed by atoms with E-state index >= 15 is 0 Å². The Morgan fingerprint density at radius 1 is 1.42 bits per heavy atom. The summed E-state index contributed by atoms with van der Waals surface area (Å²) in [5.41, 5.74) is 0.829. The van der Waals surface area contributed by atoms with Gasteiger partial charge in [0, 0.05) is 41.9 Å². The number of carbonyl (C=O) groups is 1. The zero-order valence-corrected chi connectivity index (χ0v) is 13.0. The summed E-state index contributed by atoms with van der Waals surface area (Å²) in [6.07, 6.45) is 4.42. The van der Waals surface area contributed by atoms with E-state index in [0.717, 1.165) is 23.3 Å². The van der Waals surface area contributed by atoms with Crippen LogP contribution < -0.4 is 5.32 Å². The number of halogens is 1. The summed E-state index contributed by atoms with van der Waals surface area (Å²) in [5.74, 6) is 0.165. The van der Waals surface area contributed by atoms with Crippen molar-refractivity contribution in [1.29, 1.82) is 0 Å². The van der Waals surface area contributed by atoms with Gasteiger partial charge >= 0.3 is 0 Å². The van der Waals surface area contributed by atoms with Crippen molar-refractivity contribution in [2.24, 2.45) is 0 Å². The highest BCUT2D eigenvalue weighted by molar-refractivity contribution is 9.10. The second kappa shape index (κ2) is 4.94. The highest BCUT2D eigenvalue weighted by atomic mass is 79.9. The number of carbonyl (C=O) groups excluding carboxylic acids is 1. The molecule has 1 aromatic heterocycles. The average molecular weight is 326 g/mol. The Morgan fingerprint density at radius 3 is 2.84 bits per heavy atom. The standard InChI is InChI=1S/C14H20BrN3O/c1-9-7-17(10(2)6-16-9)14(19)13-5-11(15)8-18(13)12-3-4-12/h5,8-10,12,16H,3-4,6-7H2,1-2H3. The highest BCUT2D eigenvalue weighted by Gasteiger charge is 2.32. The average Bonchev–Trinajstić information content (AvgIpc) is 3.15. The maximum Gasteiger partial charge on any atom is 0.270 e. The quantitative estimate of drug-likeness (QED) is 0.906. The van der Waals surface area contributed by atoms with E-state index in [1.807, 2.05) is 17.2 Å². The van der Waals surface area contributed by atoms with E-state index in [9.17, 15) is 4.79 Å². The molecule has 4 nitrogen and oxygen atoms in total. The molecule has 3 rings (SSSR count). The number of aromatic nitrogens is 1. The molecule has 2 atom stereocenters. The van der Waals surface area contributed by atoms with Gasteiger partial charge in [0.1, 0.15) is 5.69 Å². The van der Waals surface area contributed by atoms with Gasteiger partial charge in [-0.05, 0) is 48.7 Å². The minimum atomic E-state index is 0.165. The van der Waals surface area contributed by atoms with Gasteiger partial charge in [-0.25, -0.2) is 0 Å². The van der Waals surface area contributed by atoms with Gasteiger partial charge in [-0.15, -0.1) is 0 Å². The van der Waals surface area contributed by atoms with Crippen LogP contribution in [0.4, 0.5) is 0 Å². The number of amides is 1. The molecule has 0 bridgehead atoms. The maximum atomic E-state index is 12.8. The van der Waals surface area contributed by atoms with E-state index in [1.54, 1.807) is 0 Å². The fourth-order valence-corrected chi connectivity index (χ4v) is 3.16.